The van der Waals surface area contributed by atoms with Crippen LogP contribution in [0, 0.1) is 5.82 Å². The van der Waals surface area contributed by atoms with Crippen LogP contribution in [0.4, 0.5) is 10.3 Å². The number of hydrogen-bond donors (Lipinski definition) is 1. The lowest BCUT2D eigenvalue weighted by atomic mass is 10.0. The van der Waals surface area contributed by atoms with Crippen molar-refractivity contribution in [1.29, 1.82) is 0 Å². The average Bonchev–Trinajstić information content (AvgIpc) is 3.15. The van der Waals surface area contributed by atoms with E-state index in [1.807, 2.05) is 18.5 Å². The molecule has 0 radical (unpaired) electrons. The van der Waals surface area contributed by atoms with Gasteiger partial charge in [0.2, 0.25) is 5.95 Å². The number of fused-ring (bicyclic) bond motifs is 1. The largest absolute Gasteiger partial charge is 0.341 e. The molecule has 3 heterocycles. The fourth-order valence-electron chi connectivity index (χ4n) is 3.34. The molecule has 1 aromatic carbocycles. The molecule has 6 heteroatoms. The molecule has 1 N–H and O–H groups in total. The zero-order valence-electron chi connectivity index (χ0n) is 13.5. The fourth-order valence-corrected chi connectivity index (χ4v) is 4.44. The molecule has 0 spiro atoms. The third-order valence-corrected chi connectivity index (χ3v) is 5.77. The Balaban J connectivity index is 1.41. The van der Waals surface area contributed by atoms with Gasteiger partial charge >= 0.3 is 0 Å². The predicted molar refractivity (Wildman–Crippen MR) is 94.8 cm³/mol. The number of rotatable bonds is 4. The van der Waals surface area contributed by atoms with Crippen LogP contribution in [0.2, 0.25) is 0 Å². The second-order valence-electron chi connectivity index (χ2n) is 6.34. The van der Waals surface area contributed by atoms with Crippen LogP contribution < -0.4 is 10.2 Å². The summed E-state index contributed by atoms with van der Waals surface area (Å²) in [5, 5.41) is 3.54. The molecule has 126 valence electrons. The maximum absolute atomic E-state index is 13.6. The number of aromatic nitrogens is 2. The molecule has 0 bridgehead atoms. The van der Waals surface area contributed by atoms with Crippen LogP contribution in [0.25, 0.3) is 0 Å². The van der Waals surface area contributed by atoms with E-state index in [1.54, 1.807) is 23.9 Å². The summed E-state index contributed by atoms with van der Waals surface area (Å²) < 4.78 is 13.6. The van der Waals surface area contributed by atoms with E-state index in [0.717, 1.165) is 42.3 Å². The van der Waals surface area contributed by atoms with Crippen molar-refractivity contribution in [3.05, 3.63) is 47.5 Å². The van der Waals surface area contributed by atoms with E-state index in [4.69, 9.17) is 0 Å². The van der Waals surface area contributed by atoms with Crippen molar-refractivity contribution in [3.63, 3.8) is 0 Å². The summed E-state index contributed by atoms with van der Waals surface area (Å²) in [7, 11) is 0. The SMILES string of the molecule is Fc1ccc2c(c1)C(NCc1cnc(N3CCCC3)nc1)CCS2. The average molecular weight is 344 g/mol. The Labute approximate surface area is 145 Å². The number of halogens is 1. The molecule has 1 fully saturated rings. The van der Waals surface area contributed by atoms with Gasteiger partial charge in [-0.25, -0.2) is 14.4 Å². The lowest BCUT2D eigenvalue weighted by Gasteiger charge is -2.26. The van der Waals surface area contributed by atoms with E-state index in [0.29, 0.717) is 6.54 Å². The summed E-state index contributed by atoms with van der Waals surface area (Å²) in [4.78, 5) is 12.4. The molecule has 4 nitrogen and oxygen atoms in total. The van der Waals surface area contributed by atoms with Crippen molar-refractivity contribution < 1.29 is 4.39 Å². The van der Waals surface area contributed by atoms with Crippen molar-refractivity contribution in [2.24, 2.45) is 0 Å². The summed E-state index contributed by atoms with van der Waals surface area (Å²) in [6, 6.07) is 5.28. The molecular weight excluding hydrogens is 323 g/mol. The van der Waals surface area contributed by atoms with Gasteiger partial charge in [0.25, 0.3) is 0 Å². The number of thioether (sulfide) groups is 1. The Morgan fingerprint density at radius 3 is 2.79 bits per heavy atom. The molecule has 0 amide bonds. The molecule has 1 atom stereocenters. The number of nitrogens with zero attached hydrogens (tertiary/aromatic N) is 3. The minimum atomic E-state index is -0.165. The van der Waals surface area contributed by atoms with Gasteiger partial charge in [-0.1, -0.05) is 0 Å². The maximum atomic E-state index is 13.6. The van der Waals surface area contributed by atoms with E-state index < -0.39 is 0 Å². The van der Waals surface area contributed by atoms with E-state index in [9.17, 15) is 4.39 Å². The molecule has 24 heavy (non-hydrogen) atoms. The monoisotopic (exact) mass is 344 g/mol. The molecule has 0 aliphatic carbocycles. The van der Waals surface area contributed by atoms with Crippen LogP contribution in [-0.4, -0.2) is 28.8 Å². The third kappa shape index (κ3) is 3.39. The smallest absolute Gasteiger partial charge is 0.225 e. The lowest BCUT2D eigenvalue weighted by molar-refractivity contribution is 0.503. The molecule has 4 rings (SSSR count). The van der Waals surface area contributed by atoms with Crippen LogP contribution in [0.1, 0.15) is 36.4 Å². The van der Waals surface area contributed by atoms with Gasteiger partial charge in [-0.2, -0.15) is 0 Å². The van der Waals surface area contributed by atoms with Crippen LogP contribution in [0.15, 0.2) is 35.5 Å². The number of benzene rings is 1. The molecule has 0 saturated carbocycles. The first-order valence-electron chi connectivity index (χ1n) is 8.51. The van der Waals surface area contributed by atoms with Gasteiger partial charge in [0.05, 0.1) is 0 Å². The van der Waals surface area contributed by atoms with Crippen LogP contribution >= 0.6 is 11.8 Å². The molecule has 1 aromatic heterocycles. The molecule has 2 aliphatic heterocycles. The third-order valence-electron chi connectivity index (χ3n) is 4.64. The summed E-state index contributed by atoms with van der Waals surface area (Å²) >= 11 is 1.80. The number of hydrogen-bond acceptors (Lipinski definition) is 5. The summed E-state index contributed by atoms with van der Waals surface area (Å²) in [6.07, 6.45) is 7.26. The van der Waals surface area contributed by atoms with E-state index in [-0.39, 0.29) is 11.9 Å². The van der Waals surface area contributed by atoms with Gasteiger partial charge in [-0.15, -0.1) is 11.8 Å². The predicted octanol–water partition coefficient (Wildman–Crippen LogP) is 3.54. The first-order chi connectivity index (χ1) is 11.8. The Kier molecular flexibility index (Phi) is 4.67. The van der Waals surface area contributed by atoms with E-state index in [2.05, 4.69) is 20.2 Å². The minimum Gasteiger partial charge on any atom is -0.341 e. The molecule has 2 aliphatic rings. The molecular formula is C18H21FN4S. The van der Waals surface area contributed by atoms with Crippen molar-refractivity contribution in [1.82, 2.24) is 15.3 Å². The quantitative estimate of drug-likeness (QED) is 0.919. The van der Waals surface area contributed by atoms with E-state index >= 15 is 0 Å². The van der Waals surface area contributed by atoms with Crippen LogP contribution in [0.3, 0.4) is 0 Å². The van der Waals surface area contributed by atoms with Crippen molar-refractivity contribution in [2.45, 2.75) is 36.7 Å². The topological polar surface area (TPSA) is 41.1 Å². The van der Waals surface area contributed by atoms with Gasteiger partial charge in [0.1, 0.15) is 5.82 Å². The van der Waals surface area contributed by atoms with Gasteiger partial charge in [-0.05, 0) is 48.8 Å². The fraction of sp³-hybridized carbons (Fsp3) is 0.444. The first kappa shape index (κ1) is 15.8. The highest BCUT2D eigenvalue weighted by molar-refractivity contribution is 7.99. The van der Waals surface area contributed by atoms with Gasteiger partial charge in [-0.3, -0.25) is 0 Å². The summed E-state index contributed by atoms with van der Waals surface area (Å²) in [6.45, 7) is 2.81. The van der Waals surface area contributed by atoms with Crippen LogP contribution in [-0.2, 0) is 6.54 Å². The van der Waals surface area contributed by atoms with Crippen LogP contribution in [0.5, 0.6) is 0 Å². The highest BCUT2D eigenvalue weighted by Crippen LogP contribution is 2.36. The molecule has 2 aromatic rings. The number of nitrogens with one attached hydrogen (secondary N) is 1. The van der Waals surface area contributed by atoms with Gasteiger partial charge in [0.15, 0.2) is 0 Å². The molecule has 1 unspecified atom stereocenters. The lowest BCUT2D eigenvalue weighted by Crippen LogP contribution is -2.25. The van der Waals surface area contributed by atoms with Gasteiger partial charge in [0, 0.05) is 48.5 Å². The highest BCUT2D eigenvalue weighted by atomic mass is 32.2. The van der Waals surface area contributed by atoms with Crippen molar-refractivity contribution in [2.75, 3.05) is 23.7 Å². The zero-order chi connectivity index (χ0) is 16.4. The van der Waals surface area contributed by atoms with Gasteiger partial charge < -0.3 is 10.2 Å². The van der Waals surface area contributed by atoms with E-state index in [1.165, 1.54) is 17.7 Å². The second-order valence-corrected chi connectivity index (χ2v) is 7.47. The Morgan fingerprint density at radius 2 is 2.00 bits per heavy atom. The molecule has 1 saturated heterocycles. The maximum Gasteiger partial charge on any atom is 0.225 e. The van der Waals surface area contributed by atoms with Crippen molar-refractivity contribution >= 4 is 17.7 Å². The minimum absolute atomic E-state index is 0.165. The second kappa shape index (κ2) is 7.07. The number of anilines is 1. The highest BCUT2D eigenvalue weighted by Gasteiger charge is 2.21. The standard InChI is InChI=1S/C18H21FN4S/c19-14-3-4-17-15(9-14)16(5-8-24-17)20-10-13-11-21-18(22-12-13)23-6-1-2-7-23/h3-4,9,11-12,16,20H,1-2,5-8,10H2. The normalized spacial score (nSPS) is 20.2. The Morgan fingerprint density at radius 1 is 1.21 bits per heavy atom. The zero-order valence-corrected chi connectivity index (χ0v) is 14.4. The Bertz CT molecular complexity index is 701. The summed E-state index contributed by atoms with van der Waals surface area (Å²) in [5.41, 5.74) is 2.13. The Hall–Kier alpha value is -1.66. The van der Waals surface area contributed by atoms with Crippen molar-refractivity contribution in [3.8, 4) is 0 Å². The summed E-state index contributed by atoms with van der Waals surface area (Å²) in [5.74, 6) is 1.72. The first-order valence-corrected chi connectivity index (χ1v) is 9.50.